The Morgan fingerprint density at radius 2 is 1.64 bits per heavy atom. The zero-order valence-electron chi connectivity index (χ0n) is 8.10. The molecule has 0 atom stereocenters. The minimum absolute atomic E-state index is 1.04. The SMILES string of the molecule is CCP1(CC)(CC)CCCO1. The van der Waals surface area contributed by atoms with Gasteiger partial charge in [-0.2, -0.15) is 0 Å². The Kier molecular flexibility index (Phi) is 2.61. The summed E-state index contributed by atoms with van der Waals surface area (Å²) in [7, 11) is 0. The molecule has 68 valence electrons. The predicted molar refractivity (Wildman–Crippen MR) is 54.0 cm³/mol. The van der Waals surface area contributed by atoms with Crippen molar-refractivity contribution >= 4 is 6.83 Å². The van der Waals surface area contributed by atoms with Gasteiger partial charge in [0.25, 0.3) is 0 Å². The summed E-state index contributed by atoms with van der Waals surface area (Å²) < 4.78 is 6.11. The number of rotatable bonds is 3. The van der Waals surface area contributed by atoms with Crippen LogP contribution in [-0.2, 0) is 4.52 Å². The van der Waals surface area contributed by atoms with Gasteiger partial charge in [-0.1, -0.05) is 0 Å². The summed E-state index contributed by atoms with van der Waals surface area (Å²) in [6, 6.07) is 0. The van der Waals surface area contributed by atoms with Crippen LogP contribution in [0.4, 0.5) is 0 Å². The topological polar surface area (TPSA) is 9.23 Å². The van der Waals surface area contributed by atoms with E-state index >= 15 is 0 Å². The molecule has 0 aromatic rings. The summed E-state index contributed by atoms with van der Waals surface area (Å²) >= 11 is 0. The van der Waals surface area contributed by atoms with Crippen molar-refractivity contribution in [3.05, 3.63) is 0 Å². The van der Waals surface area contributed by atoms with Crippen LogP contribution in [-0.4, -0.2) is 31.3 Å². The monoisotopic (exact) mass is 176 g/mol. The summed E-state index contributed by atoms with van der Waals surface area (Å²) in [4.78, 5) is 0. The molecule has 11 heavy (non-hydrogen) atoms. The first kappa shape index (κ1) is 9.48. The van der Waals surface area contributed by atoms with Crippen LogP contribution >= 0.6 is 6.83 Å². The van der Waals surface area contributed by atoms with Gasteiger partial charge in [-0.15, -0.1) is 0 Å². The van der Waals surface area contributed by atoms with Crippen molar-refractivity contribution in [3.63, 3.8) is 0 Å². The summed E-state index contributed by atoms with van der Waals surface area (Å²) in [5, 5.41) is 0. The van der Waals surface area contributed by atoms with Gasteiger partial charge in [0.2, 0.25) is 0 Å². The van der Waals surface area contributed by atoms with Gasteiger partial charge in [0.1, 0.15) is 0 Å². The van der Waals surface area contributed by atoms with Crippen molar-refractivity contribution in [1.82, 2.24) is 0 Å². The Hall–Kier alpha value is 0.390. The van der Waals surface area contributed by atoms with E-state index in [2.05, 4.69) is 20.8 Å². The van der Waals surface area contributed by atoms with Gasteiger partial charge in [-0.25, -0.2) is 0 Å². The van der Waals surface area contributed by atoms with E-state index < -0.39 is 6.83 Å². The van der Waals surface area contributed by atoms with Crippen molar-refractivity contribution in [1.29, 1.82) is 0 Å². The third kappa shape index (κ3) is 1.34. The molecule has 0 aromatic carbocycles. The fraction of sp³-hybridized carbons (Fsp3) is 1.00. The van der Waals surface area contributed by atoms with Crippen LogP contribution in [0.25, 0.3) is 0 Å². The number of hydrogen-bond donors (Lipinski definition) is 0. The van der Waals surface area contributed by atoms with E-state index in [4.69, 9.17) is 4.52 Å². The quantitative estimate of drug-likeness (QED) is 0.601. The third-order valence-electron chi connectivity index (χ3n) is 3.72. The van der Waals surface area contributed by atoms with Crippen LogP contribution in [0.1, 0.15) is 27.2 Å². The van der Waals surface area contributed by atoms with E-state index in [0.29, 0.717) is 0 Å². The Morgan fingerprint density at radius 1 is 1.09 bits per heavy atom. The molecule has 1 aliphatic heterocycles. The minimum atomic E-state index is -1.57. The average molecular weight is 176 g/mol. The van der Waals surface area contributed by atoms with Gasteiger partial charge < -0.3 is 0 Å². The van der Waals surface area contributed by atoms with E-state index in [1.54, 1.807) is 0 Å². The maximum atomic E-state index is 6.11. The summed E-state index contributed by atoms with van der Waals surface area (Å²) in [5.41, 5.74) is 0. The van der Waals surface area contributed by atoms with Gasteiger partial charge in [0.15, 0.2) is 0 Å². The van der Waals surface area contributed by atoms with Crippen molar-refractivity contribution in [2.45, 2.75) is 27.2 Å². The van der Waals surface area contributed by atoms with Crippen molar-refractivity contribution < 1.29 is 4.52 Å². The van der Waals surface area contributed by atoms with Crippen molar-refractivity contribution in [3.8, 4) is 0 Å². The van der Waals surface area contributed by atoms with Crippen LogP contribution in [0.5, 0.6) is 0 Å². The van der Waals surface area contributed by atoms with Gasteiger partial charge in [-0.3, -0.25) is 0 Å². The second-order valence-corrected chi connectivity index (χ2v) is 10.0. The molecule has 0 spiro atoms. The third-order valence-corrected chi connectivity index (χ3v) is 10.9. The van der Waals surface area contributed by atoms with Gasteiger partial charge >= 0.3 is 69.8 Å². The van der Waals surface area contributed by atoms with Crippen LogP contribution in [0.2, 0.25) is 0 Å². The molecule has 1 fully saturated rings. The van der Waals surface area contributed by atoms with E-state index in [1.807, 2.05) is 0 Å². The summed E-state index contributed by atoms with van der Waals surface area (Å²) in [6.07, 6.45) is 6.62. The normalized spacial score (nSPS) is 31.0. The first-order chi connectivity index (χ1) is 5.20. The van der Waals surface area contributed by atoms with Crippen LogP contribution in [0, 0.1) is 0 Å². The molecule has 1 rings (SSSR count). The molecular weight excluding hydrogens is 155 g/mol. The van der Waals surface area contributed by atoms with Crippen molar-refractivity contribution in [2.75, 3.05) is 31.3 Å². The molecule has 1 saturated heterocycles. The van der Waals surface area contributed by atoms with E-state index in [-0.39, 0.29) is 0 Å². The van der Waals surface area contributed by atoms with Gasteiger partial charge in [0, 0.05) is 0 Å². The zero-order valence-corrected chi connectivity index (χ0v) is 8.99. The fourth-order valence-electron chi connectivity index (χ4n) is 2.27. The standard InChI is InChI=1S/C9H21OP/c1-4-11(5-2,6-3)9-7-8-10-11/h4-9H2,1-3H3. The van der Waals surface area contributed by atoms with Gasteiger partial charge in [-0.05, 0) is 0 Å². The Labute approximate surface area is 70.5 Å². The molecule has 0 amide bonds. The molecule has 0 aromatic heterocycles. The van der Waals surface area contributed by atoms with E-state index in [1.165, 1.54) is 31.1 Å². The Bertz CT molecular complexity index is 119. The van der Waals surface area contributed by atoms with Gasteiger partial charge in [0.05, 0.1) is 0 Å². The Morgan fingerprint density at radius 3 is 1.82 bits per heavy atom. The van der Waals surface area contributed by atoms with E-state index in [9.17, 15) is 0 Å². The second-order valence-electron chi connectivity index (χ2n) is 3.72. The molecule has 0 bridgehead atoms. The van der Waals surface area contributed by atoms with Crippen LogP contribution in [0.15, 0.2) is 0 Å². The summed E-state index contributed by atoms with van der Waals surface area (Å²) in [6.45, 7) is 6.41. The van der Waals surface area contributed by atoms with Crippen LogP contribution < -0.4 is 0 Å². The summed E-state index contributed by atoms with van der Waals surface area (Å²) in [5.74, 6) is 0. The second kappa shape index (κ2) is 3.03. The predicted octanol–water partition coefficient (Wildman–Crippen LogP) is 2.93. The number of hydrogen-bond acceptors (Lipinski definition) is 1. The maximum absolute atomic E-state index is 6.11. The Balaban J connectivity index is 2.83. The molecule has 1 heterocycles. The first-order valence-corrected chi connectivity index (χ1v) is 7.75. The molecule has 0 radical (unpaired) electrons. The molecule has 1 aliphatic rings. The average Bonchev–Trinajstić information content (AvgIpc) is 2.52. The zero-order chi connectivity index (χ0) is 8.40. The van der Waals surface area contributed by atoms with Crippen LogP contribution in [0.3, 0.4) is 0 Å². The molecule has 0 N–H and O–H groups in total. The fourth-order valence-corrected chi connectivity index (χ4v) is 6.81. The molecule has 0 saturated carbocycles. The molecule has 2 heteroatoms. The van der Waals surface area contributed by atoms with Crippen molar-refractivity contribution in [2.24, 2.45) is 0 Å². The first-order valence-electron chi connectivity index (χ1n) is 4.86. The molecule has 0 unspecified atom stereocenters. The molecule has 0 aliphatic carbocycles. The van der Waals surface area contributed by atoms with E-state index in [0.717, 1.165) is 6.61 Å². The molecular formula is C9H21OP. The molecule has 1 nitrogen and oxygen atoms in total.